The van der Waals surface area contributed by atoms with Gasteiger partial charge in [-0.05, 0) is 77.0 Å². The van der Waals surface area contributed by atoms with Crippen LogP contribution in [0, 0.1) is 0 Å². The molecule has 364 valence electrons. The average molecular weight is 923 g/mol. The molecule has 14 nitrogen and oxygen atoms in total. The second-order valence-corrected chi connectivity index (χ2v) is 17.1. The molecular weight excluding hydrogens is 843 g/mol. The molecule has 1 saturated carbocycles. The summed E-state index contributed by atoms with van der Waals surface area (Å²) in [6.45, 7) is 2.98. The van der Waals surface area contributed by atoms with Gasteiger partial charge < -0.3 is 45.0 Å². The minimum Gasteiger partial charge on any atom is -0.462 e. The topological polar surface area (TPSA) is 230 Å². The third kappa shape index (κ3) is 30.0. The lowest BCUT2D eigenvalue weighted by Crippen LogP contribution is -2.64. The van der Waals surface area contributed by atoms with Gasteiger partial charge in [-0.25, -0.2) is 4.57 Å². The third-order valence-corrected chi connectivity index (χ3v) is 11.0. The molecule has 0 saturated heterocycles. The first kappa shape index (κ1) is 58.7. The number of aliphatic hydroxyl groups is 6. The van der Waals surface area contributed by atoms with Gasteiger partial charge in [0.2, 0.25) is 0 Å². The van der Waals surface area contributed by atoms with E-state index in [9.17, 15) is 49.7 Å². The Labute approximate surface area is 382 Å². The lowest BCUT2D eigenvalue weighted by molar-refractivity contribution is -0.220. The molecule has 9 atom stereocenters. The summed E-state index contributed by atoms with van der Waals surface area (Å²) in [7, 11) is -5.18. The van der Waals surface area contributed by atoms with Gasteiger partial charge in [0.1, 0.15) is 43.2 Å². The minimum atomic E-state index is -5.18. The first-order valence-electron chi connectivity index (χ1n) is 23.1. The Hall–Kier alpha value is -3.27. The lowest BCUT2D eigenvalue weighted by Gasteiger charge is -2.41. The van der Waals surface area contributed by atoms with Gasteiger partial charge in [-0.3, -0.25) is 18.6 Å². The quantitative estimate of drug-likeness (QED) is 0.0104. The Bertz CT molecular complexity index is 1500. The molecule has 64 heavy (non-hydrogen) atoms. The zero-order chi connectivity index (χ0) is 47.3. The highest BCUT2D eigenvalue weighted by molar-refractivity contribution is 7.47. The van der Waals surface area contributed by atoms with Gasteiger partial charge in [0.25, 0.3) is 0 Å². The molecular formula is C49H79O14P. The van der Waals surface area contributed by atoms with Crippen LogP contribution in [0.4, 0.5) is 0 Å². The summed E-state index contributed by atoms with van der Waals surface area (Å²) in [5.41, 5.74) is 0. The molecule has 0 heterocycles. The van der Waals surface area contributed by atoms with Gasteiger partial charge in [0, 0.05) is 12.8 Å². The van der Waals surface area contributed by atoms with Crippen molar-refractivity contribution in [3.63, 3.8) is 0 Å². The monoisotopic (exact) mass is 923 g/mol. The molecule has 15 heteroatoms. The maximum Gasteiger partial charge on any atom is 0.472 e. The summed E-state index contributed by atoms with van der Waals surface area (Å²) < 4.78 is 33.4. The van der Waals surface area contributed by atoms with Crippen molar-refractivity contribution in [1.29, 1.82) is 0 Å². The highest BCUT2D eigenvalue weighted by Crippen LogP contribution is 2.47. The number of carbonyl (C=O) groups excluding carboxylic acids is 2. The second-order valence-electron chi connectivity index (χ2n) is 15.7. The molecule has 0 aromatic heterocycles. The lowest BCUT2D eigenvalue weighted by atomic mass is 9.85. The van der Waals surface area contributed by atoms with Crippen LogP contribution in [0.15, 0.2) is 97.2 Å². The molecule has 1 aliphatic rings. The number of hydrogen-bond donors (Lipinski definition) is 7. The molecule has 0 amide bonds. The predicted octanol–water partition coefficient (Wildman–Crippen LogP) is 8.02. The van der Waals surface area contributed by atoms with Gasteiger partial charge in [0.05, 0.1) is 12.7 Å². The van der Waals surface area contributed by atoms with E-state index in [2.05, 4.69) is 74.6 Å². The summed E-state index contributed by atoms with van der Waals surface area (Å²) in [4.78, 5) is 35.7. The molecule has 0 aliphatic heterocycles. The summed E-state index contributed by atoms with van der Waals surface area (Å²) >= 11 is 0. The van der Waals surface area contributed by atoms with E-state index in [1.54, 1.807) is 24.3 Å². The van der Waals surface area contributed by atoms with Crippen LogP contribution in [0.25, 0.3) is 0 Å². The van der Waals surface area contributed by atoms with Crippen LogP contribution in [-0.4, -0.2) is 110 Å². The van der Waals surface area contributed by atoms with Crippen molar-refractivity contribution in [3.05, 3.63) is 97.2 Å². The number of aliphatic hydroxyl groups excluding tert-OH is 6. The van der Waals surface area contributed by atoms with E-state index in [1.807, 2.05) is 12.2 Å². The van der Waals surface area contributed by atoms with E-state index in [0.717, 1.165) is 70.6 Å². The number of rotatable bonds is 36. The van der Waals surface area contributed by atoms with Gasteiger partial charge in [0.15, 0.2) is 6.10 Å². The SMILES string of the molecule is CC/C=C\C/C=C\C/C=C\C/C=C\C=C/C(O)C/C=C\CCC(=O)O[C@H](COC(=O)CCCCCCC/C=C\C/C=C\CCCCC)COP(=O)(O)OC1[C@H](O)[C@H](O)C(O)[C@H](O)[C@H]1O. The van der Waals surface area contributed by atoms with Crippen LogP contribution in [-0.2, 0) is 32.7 Å². The Balaban J connectivity index is 2.58. The fourth-order valence-corrected chi connectivity index (χ4v) is 7.22. The van der Waals surface area contributed by atoms with Crippen LogP contribution >= 0.6 is 7.82 Å². The van der Waals surface area contributed by atoms with Crippen molar-refractivity contribution in [3.8, 4) is 0 Å². The second kappa shape index (κ2) is 37.9. The van der Waals surface area contributed by atoms with E-state index < -0.39 is 81.8 Å². The number of phosphoric acid groups is 1. The van der Waals surface area contributed by atoms with Gasteiger partial charge in [-0.1, -0.05) is 143 Å². The molecule has 0 aromatic rings. The number of hydrogen-bond acceptors (Lipinski definition) is 13. The van der Waals surface area contributed by atoms with Crippen LogP contribution < -0.4 is 0 Å². The number of phosphoric ester groups is 1. The molecule has 1 fully saturated rings. The minimum absolute atomic E-state index is 0.108. The molecule has 1 aliphatic carbocycles. The normalized spacial score (nSPS) is 23.0. The Morgan fingerprint density at radius 2 is 1.11 bits per heavy atom. The van der Waals surface area contributed by atoms with E-state index in [-0.39, 0.29) is 19.3 Å². The highest BCUT2D eigenvalue weighted by atomic mass is 31.2. The Morgan fingerprint density at radius 3 is 1.73 bits per heavy atom. The van der Waals surface area contributed by atoms with Crippen LogP contribution in [0.5, 0.6) is 0 Å². The smallest absolute Gasteiger partial charge is 0.462 e. The van der Waals surface area contributed by atoms with Crippen LogP contribution in [0.1, 0.15) is 136 Å². The molecule has 0 bridgehead atoms. The number of unbranched alkanes of at least 4 members (excludes halogenated alkanes) is 8. The van der Waals surface area contributed by atoms with E-state index in [1.165, 1.54) is 19.3 Å². The number of allylic oxidation sites excluding steroid dienone is 14. The van der Waals surface area contributed by atoms with Gasteiger partial charge in [-0.2, -0.15) is 0 Å². The van der Waals surface area contributed by atoms with Crippen molar-refractivity contribution in [2.75, 3.05) is 13.2 Å². The van der Waals surface area contributed by atoms with Crippen molar-refractivity contribution in [2.24, 2.45) is 0 Å². The molecule has 1 rings (SSSR count). The zero-order valence-electron chi connectivity index (χ0n) is 38.1. The third-order valence-electron chi connectivity index (χ3n) is 10.0. The molecule has 4 unspecified atom stereocenters. The average Bonchev–Trinajstić information content (AvgIpc) is 3.27. The fraction of sp³-hybridized carbons (Fsp3) is 0.633. The first-order chi connectivity index (χ1) is 30.8. The Kier molecular flexibility index (Phi) is 34.8. The van der Waals surface area contributed by atoms with E-state index >= 15 is 0 Å². The van der Waals surface area contributed by atoms with Gasteiger partial charge in [-0.15, -0.1) is 0 Å². The number of carbonyl (C=O) groups is 2. The first-order valence-corrected chi connectivity index (χ1v) is 24.6. The van der Waals surface area contributed by atoms with Crippen molar-refractivity contribution in [2.45, 2.75) is 185 Å². The number of ether oxygens (including phenoxy) is 2. The van der Waals surface area contributed by atoms with E-state index in [0.29, 0.717) is 12.8 Å². The maximum atomic E-state index is 12.8. The zero-order valence-corrected chi connectivity index (χ0v) is 39.0. The van der Waals surface area contributed by atoms with Crippen LogP contribution in [0.3, 0.4) is 0 Å². The summed E-state index contributed by atoms with van der Waals surface area (Å²) in [5, 5.41) is 60.4. The van der Waals surface area contributed by atoms with Crippen molar-refractivity contribution >= 4 is 19.8 Å². The van der Waals surface area contributed by atoms with Crippen molar-refractivity contribution < 1.29 is 68.2 Å². The molecule has 7 N–H and O–H groups in total. The van der Waals surface area contributed by atoms with Gasteiger partial charge >= 0.3 is 19.8 Å². The fourth-order valence-electron chi connectivity index (χ4n) is 6.25. The molecule has 0 aromatic carbocycles. The number of esters is 2. The molecule has 0 radical (unpaired) electrons. The maximum absolute atomic E-state index is 12.8. The Morgan fingerprint density at radius 1 is 0.578 bits per heavy atom. The summed E-state index contributed by atoms with van der Waals surface area (Å²) in [5.74, 6) is -1.31. The largest absolute Gasteiger partial charge is 0.472 e. The van der Waals surface area contributed by atoms with Crippen LogP contribution in [0.2, 0.25) is 0 Å². The highest BCUT2D eigenvalue weighted by Gasteiger charge is 2.51. The summed E-state index contributed by atoms with van der Waals surface area (Å²) in [6, 6.07) is 0. The molecule has 0 spiro atoms. The standard InChI is InChI=1S/C49H79O14P/c1-3-5-7-9-11-13-15-17-18-20-22-24-26-28-32-36-42(51)60-38-41(39-61-64(58,59)63-49-47(56)45(54)44(53)46(55)48(49)57)62-43(52)37-33-29-31-35-40(50)34-30-27-25-23-21-19-16-14-12-10-8-6-4-2/h6,8,11-14,17-19,21,25,27,29-31,34,40-41,44-50,53-57H,3-5,7,9-10,15-16,20,22-24,26,28,32-33,35-39H2,1-2H3,(H,58,59)/b8-6-,13-11-,14-12-,18-17-,21-19-,27-25-,31-29-,34-30-/t40?,41-,44?,45-,46+,47-,48-,49?/m1/s1. The predicted molar refractivity (Wildman–Crippen MR) is 250 cm³/mol. The van der Waals surface area contributed by atoms with Crippen molar-refractivity contribution in [1.82, 2.24) is 0 Å². The summed E-state index contributed by atoms with van der Waals surface area (Å²) in [6.07, 6.45) is 33.4. The van der Waals surface area contributed by atoms with E-state index in [4.69, 9.17) is 18.5 Å².